The van der Waals surface area contributed by atoms with Crippen LogP contribution < -0.4 is 5.32 Å². The molecule has 0 aliphatic carbocycles. The van der Waals surface area contributed by atoms with E-state index < -0.39 is 17.9 Å². The van der Waals surface area contributed by atoms with Crippen molar-refractivity contribution in [1.29, 1.82) is 0 Å². The third-order valence-corrected chi connectivity index (χ3v) is 3.48. The van der Waals surface area contributed by atoms with Gasteiger partial charge in [-0.2, -0.15) is 0 Å². The summed E-state index contributed by atoms with van der Waals surface area (Å²) >= 11 is 0. The third-order valence-electron chi connectivity index (χ3n) is 3.48. The molecule has 1 unspecified atom stereocenters. The molecule has 1 atom stereocenters. The van der Waals surface area contributed by atoms with Crippen molar-refractivity contribution in [3.05, 3.63) is 34.9 Å². The molecule has 0 saturated carbocycles. The van der Waals surface area contributed by atoms with Crippen LogP contribution in [0.5, 0.6) is 0 Å². The molecule has 2 N–H and O–H groups in total. The number of carbonyl (C=O) groups excluding carboxylic acids is 2. The fourth-order valence-corrected chi connectivity index (χ4v) is 2.21. The summed E-state index contributed by atoms with van der Waals surface area (Å²) in [4.78, 5) is 34.9. The molecule has 1 aromatic rings. The Balaban J connectivity index is 2.58. The minimum absolute atomic E-state index is 0.000288. The van der Waals surface area contributed by atoms with Crippen molar-refractivity contribution in [3.63, 3.8) is 0 Å². The van der Waals surface area contributed by atoms with Gasteiger partial charge in [0.1, 0.15) is 6.04 Å². The lowest BCUT2D eigenvalue weighted by atomic mass is 9.99. The number of rotatable bonds is 8. The molecule has 1 amide bonds. The second-order valence-electron chi connectivity index (χ2n) is 5.49. The minimum atomic E-state index is -1.05. The Morgan fingerprint density at radius 3 is 2.45 bits per heavy atom. The van der Waals surface area contributed by atoms with E-state index in [1.165, 1.54) is 0 Å². The largest absolute Gasteiger partial charge is 0.480 e. The Hall–Kier alpha value is -2.17. The zero-order chi connectivity index (χ0) is 16.7. The van der Waals surface area contributed by atoms with Crippen LogP contribution in [0.3, 0.4) is 0 Å². The first-order valence-corrected chi connectivity index (χ1v) is 7.47. The van der Waals surface area contributed by atoms with E-state index in [-0.39, 0.29) is 18.6 Å². The van der Waals surface area contributed by atoms with E-state index in [1.807, 2.05) is 39.0 Å². The van der Waals surface area contributed by atoms with Crippen molar-refractivity contribution >= 4 is 17.7 Å². The first-order valence-electron chi connectivity index (χ1n) is 7.47. The highest BCUT2D eigenvalue weighted by molar-refractivity contribution is 5.99. The maximum atomic E-state index is 12.2. The molecule has 0 fully saturated rings. The van der Waals surface area contributed by atoms with Crippen molar-refractivity contribution in [2.45, 2.75) is 52.5 Å². The number of amides is 1. The van der Waals surface area contributed by atoms with Gasteiger partial charge in [0.05, 0.1) is 0 Å². The maximum absolute atomic E-state index is 12.2. The molecule has 1 rings (SSSR count). The molecule has 0 aliphatic heterocycles. The maximum Gasteiger partial charge on any atom is 0.326 e. The number of Topliss-reactive ketones (excluding diaryl/α,β-unsaturated/α-hetero) is 1. The second kappa shape index (κ2) is 8.32. The van der Waals surface area contributed by atoms with E-state index >= 15 is 0 Å². The standard InChI is InChI=1S/C17H23NO4/c1-4-5-14(17(21)22)18-16(20)9-8-15(19)13-10-11(2)6-7-12(13)3/h6-7,10,14H,4-5,8-9H2,1-3H3,(H,18,20)(H,21,22). The van der Waals surface area contributed by atoms with E-state index in [4.69, 9.17) is 5.11 Å². The van der Waals surface area contributed by atoms with Gasteiger partial charge in [-0.1, -0.05) is 31.0 Å². The number of hydrogen-bond acceptors (Lipinski definition) is 3. The molecule has 0 heterocycles. The van der Waals surface area contributed by atoms with Gasteiger partial charge >= 0.3 is 5.97 Å². The lowest BCUT2D eigenvalue weighted by Crippen LogP contribution is -2.40. The number of hydrogen-bond donors (Lipinski definition) is 2. The number of nitrogens with one attached hydrogen (secondary N) is 1. The summed E-state index contributed by atoms with van der Waals surface area (Å²) in [5.74, 6) is -1.55. The van der Waals surface area contributed by atoms with Crippen molar-refractivity contribution in [1.82, 2.24) is 5.32 Å². The van der Waals surface area contributed by atoms with E-state index in [2.05, 4.69) is 5.32 Å². The normalized spacial score (nSPS) is 11.8. The molecule has 5 heteroatoms. The molecule has 0 aliphatic rings. The Bertz CT molecular complexity index is 566. The van der Waals surface area contributed by atoms with Gasteiger partial charge in [0, 0.05) is 18.4 Å². The van der Waals surface area contributed by atoms with Crippen LogP contribution in [0.4, 0.5) is 0 Å². The Morgan fingerprint density at radius 1 is 1.18 bits per heavy atom. The summed E-state index contributed by atoms with van der Waals surface area (Å²) in [7, 11) is 0. The van der Waals surface area contributed by atoms with Gasteiger partial charge in [-0.3, -0.25) is 9.59 Å². The number of aryl methyl sites for hydroxylation is 2. The Kier molecular flexibility index (Phi) is 6.76. The molecule has 22 heavy (non-hydrogen) atoms. The summed E-state index contributed by atoms with van der Waals surface area (Å²) in [6.45, 7) is 5.62. The van der Waals surface area contributed by atoms with Gasteiger partial charge in [-0.15, -0.1) is 0 Å². The summed E-state index contributed by atoms with van der Waals surface area (Å²) < 4.78 is 0. The van der Waals surface area contributed by atoms with Crippen LogP contribution in [0, 0.1) is 13.8 Å². The molecule has 1 aromatic carbocycles. The summed E-state index contributed by atoms with van der Waals surface area (Å²) in [6.07, 6.45) is 1.12. The highest BCUT2D eigenvalue weighted by atomic mass is 16.4. The number of ketones is 1. The quantitative estimate of drug-likeness (QED) is 0.723. The molecule has 0 spiro atoms. The van der Waals surface area contributed by atoms with Gasteiger partial charge in [-0.25, -0.2) is 4.79 Å². The van der Waals surface area contributed by atoms with E-state index in [0.29, 0.717) is 18.4 Å². The molecular weight excluding hydrogens is 282 g/mol. The van der Waals surface area contributed by atoms with Crippen LogP contribution >= 0.6 is 0 Å². The fourth-order valence-electron chi connectivity index (χ4n) is 2.21. The number of carbonyl (C=O) groups is 3. The van der Waals surface area contributed by atoms with E-state index in [0.717, 1.165) is 11.1 Å². The van der Waals surface area contributed by atoms with Crippen LogP contribution in [0.1, 0.15) is 54.1 Å². The topological polar surface area (TPSA) is 83.5 Å². The lowest BCUT2D eigenvalue weighted by Gasteiger charge is -2.13. The predicted octanol–water partition coefficient (Wildman–Crippen LogP) is 2.64. The average molecular weight is 305 g/mol. The Morgan fingerprint density at radius 2 is 1.86 bits per heavy atom. The van der Waals surface area contributed by atoms with Gasteiger partial charge in [0.2, 0.25) is 5.91 Å². The molecule has 0 radical (unpaired) electrons. The molecule has 0 bridgehead atoms. The fraction of sp³-hybridized carbons (Fsp3) is 0.471. The monoisotopic (exact) mass is 305 g/mol. The summed E-state index contributed by atoms with van der Waals surface area (Å²) in [5.41, 5.74) is 2.49. The molecule has 120 valence electrons. The Labute approximate surface area is 130 Å². The van der Waals surface area contributed by atoms with Crippen LogP contribution in [0.2, 0.25) is 0 Å². The number of aliphatic carboxylic acids is 1. The van der Waals surface area contributed by atoms with Crippen LogP contribution in [0.15, 0.2) is 18.2 Å². The molecule has 0 aromatic heterocycles. The molecule has 0 saturated heterocycles. The molecule has 5 nitrogen and oxygen atoms in total. The van der Waals surface area contributed by atoms with Crippen molar-refractivity contribution in [2.75, 3.05) is 0 Å². The average Bonchev–Trinajstić information content (AvgIpc) is 2.46. The first kappa shape index (κ1) is 17.9. The smallest absolute Gasteiger partial charge is 0.326 e. The zero-order valence-corrected chi connectivity index (χ0v) is 13.3. The van der Waals surface area contributed by atoms with Crippen LogP contribution in [-0.2, 0) is 9.59 Å². The highest BCUT2D eigenvalue weighted by Gasteiger charge is 2.19. The minimum Gasteiger partial charge on any atom is -0.480 e. The van der Waals surface area contributed by atoms with Gasteiger partial charge in [0.15, 0.2) is 5.78 Å². The number of carboxylic acids is 1. The molecular formula is C17H23NO4. The van der Waals surface area contributed by atoms with Crippen LogP contribution in [0.25, 0.3) is 0 Å². The third kappa shape index (κ3) is 5.31. The lowest BCUT2D eigenvalue weighted by molar-refractivity contribution is -0.142. The van der Waals surface area contributed by atoms with Crippen molar-refractivity contribution in [2.24, 2.45) is 0 Å². The van der Waals surface area contributed by atoms with Gasteiger partial charge in [0.25, 0.3) is 0 Å². The van der Waals surface area contributed by atoms with Crippen LogP contribution in [-0.4, -0.2) is 28.8 Å². The number of benzene rings is 1. The van der Waals surface area contributed by atoms with Crippen molar-refractivity contribution < 1.29 is 19.5 Å². The summed E-state index contributed by atoms with van der Waals surface area (Å²) in [6, 6.07) is 4.74. The van der Waals surface area contributed by atoms with Gasteiger partial charge in [-0.05, 0) is 31.9 Å². The zero-order valence-electron chi connectivity index (χ0n) is 13.3. The highest BCUT2D eigenvalue weighted by Crippen LogP contribution is 2.14. The second-order valence-corrected chi connectivity index (χ2v) is 5.49. The number of carboxylic acid groups (broad SMARTS) is 1. The predicted molar refractivity (Wildman–Crippen MR) is 84.0 cm³/mol. The van der Waals surface area contributed by atoms with E-state index in [1.54, 1.807) is 0 Å². The SMILES string of the molecule is CCCC(NC(=O)CCC(=O)c1cc(C)ccc1C)C(=O)O. The summed E-state index contributed by atoms with van der Waals surface area (Å²) in [5, 5.41) is 11.5. The van der Waals surface area contributed by atoms with Crippen molar-refractivity contribution in [3.8, 4) is 0 Å². The van der Waals surface area contributed by atoms with E-state index in [9.17, 15) is 14.4 Å². The first-order chi connectivity index (χ1) is 10.3. The van der Waals surface area contributed by atoms with Gasteiger partial charge < -0.3 is 10.4 Å².